The highest BCUT2D eigenvalue weighted by Crippen LogP contribution is 2.23. The third kappa shape index (κ3) is 2.00. The van der Waals surface area contributed by atoms with E-state index in [1.807, 2.05) is 13.0 Å². The number of nitrogens with zero attached hydrogens (tertiary/aromatic N) is 1. The third-order valence-corrected chi connectivity index (χ3v) is 2.36. The number of hydrogen-bond acceptors (Lipinski definition) is 2. The van der Waals surface area contributed by atoms with E-state index in [0.29, 0.717) is 11.7 Å². The van der Waals surface area contributed by atoms with E-state index in [1.165, 1.54) is 11.1 Å². The molecule has 1 aromatic rings. The lowest BCUT2D eigenvalue weighted by Gasteiger charge is -2.14. The van der Waals surface area contributed by atoms with Crippen molar-refractivity contribution in [1.29, 1.82) is 0 Å². The Kier molecular flexibility index (Phi) is 2.91. The number of anilines is 1. The monoisotopic (exact) mass is 178 g/mol. The van der Waals surface area contributed by atoms with Gasteiger partial charge in [0.1, 0.15) is 5.82 Å². The first-order chi connectivity index (χ1) is 6.06. The molecule has 0 bridgehead atoms. The second-order valence-electron chi connectivity index (χ2n) is 3.71. The van der Waals surface area contributed by atoms with Crippen LogP contribution in [0, 0.1) is 6.92 Å². The molecule has 1 heterocycles. The number of nitrogen functional groups attached to an aromatic ring is 1. The Labute approximate surface area is 80.2 Å². The normalized spacial score (nSPS) is 10.8. The summed E-state index contributed by atoms with van der Waals surface area (Å²) in [4.78, 5) is 4.27. The third-order valence-electron chi connectivity index (χ3n) is 2.36. The van der Waals surface area contributed by atoms with Crippen molar-refractivity contribution in [2.45, 2.75) is 40.0 Å². The number of nitrogens with two attached hydrogens (primary N) is 1. The Morgan fingerprint density at radius 2 is 2.08 bits per heavy atom. The molecule has 0 aliphatic rings. The molecule has 0 unspecified atom stereocenters. The molecule has 72 valence electrons. The molecule has 0 amide bonds. The predicted octanol–water partition coefficient (Wildman–Crippen LogP) is 2.66. The topological polar surface area (TPSA) is 38.9 Å². The summed E-state index contributed by atoms with van der Waals surface area (Å²) in [5.74, 6) is 1.16. The lowest BCUT2D eigenvalue weighted by molar-refractivity contribution is 0.832. The van der Waals surface area contributed by atoms with Gasteiger partial charge in [0, 0.05) is 5.69 Å². The molecule has 13 heavy (non-hydrogen) atoms. The van der Waals surface area contributed by atoms with Gasteiger partial charge in [-0.25, -0.2) is 4.98 Å². The molecule has 0 atom stereocenters. The molecule has 0 saturated carbocycles. The van der Waals surface area contributed by atoms with Gasteiger partial charge in [-0.1, -0.05) is 20.8 Å². The van der Waals surface area contributed by atoms with Gasteiger partial charge in [-0.15, -0.1) is 0 Å². The largest absolute Gasteiger partial charge is 0.384 e. The molecule has 0 fully saturated rings. The summed E-state index contributed by atoms with van der Waals surface area (Å²) in [6.07, 6.45) is 1.03. The zero-order valence-corrected chi connectivity index (χ0v) is 8.89. The van der Waals surface area contributed by atoms with Crippen LogP contribution < -0.4 is 5.73 Å². The zero-order chi connectivity index (χ0) is 10.0. The van der Waals surface area contributed by atoms with Gasteiger partial charge in [0.2, 0.25) is 0 Å². The fourth-order valence-electron chi connectivity index (χ4n) is 1.72. The van der Waals surface area contributed by atoms with E-state index in [2.05, 4.69) is 25.8 Å². The molecule has 0 radical (unpaired) electrons. The number of aryl methyl sites for hydroxylation is 1. The molecule has 0 aliphatic heterocycles. The lowest BCUT2D eigenvalue weighted by atomic mass is 9.95. The van der Waals surface area contributed by atoms with Gasteiger partial charge in [-0.3, -0.25) is 0 Å². The highest BCUT2D eigenvalue weighted by Gasteiger charge is 2.09. The molecule has 0 aliphatic carbocycles. The Morgan fingerprint density at radius 3 is 2.54 bits per heavy atom. The Bertz CT molecular complexity index is 303. The van der Waals surface area contributed by atoms with Crippen molar-refractivity contribution in [1.82, 2.24) is 4.98 Å². The van der Waals surface area contributed by atoms with Crippen LogP contribution in [0.2, 0.25) is 0 Å². The van der Waals surface area contributed by atoms with Crippen LogP contribution in [0.3, 0.4) is 0 Å². The quantitative estimate of drug-likeness (QED) is 0.756. The Morgan fingerprint density at radius 1 is 1.46 bits per heavy atom. The van der Waals surface area contributed by atoms with Crippen molar-refractivity contribution in [2.75, 3.05) is 5.73 Å². The van der Waals surface area contributed by atoms with Gasteiger partial charge >= 0.3 is 0 Å². The molecule has 2 N–H and O–H groups in total. The minimum absolute atomic E-state index is 0.527. The molecule has 2 nitrogen and oxygen atoms in total. The van der Waals surface area contributed by atoms with Crippen molar-refractivity contribution in [3.8, 4) is 0 Å². The lowest BCUT2D eigenvalue weighted by Crippen LogP contribution is -2.03. The van der Waals surface area contributed by atoms with E-state index < -0.39 is 0 Å². The summed E-state index contributed by atoms with van der Waals surface area (Å²) in [5, 5.41) is 0. The SMILES string of the molecule is CCc1c(C(C)C)cc(N)nc1C. The maximum atomic E-state index is 5.71. The first-order valence-corrected chi connectivity index (χ1v) is 4.82. The number of pyridine rings is 1. The van der Waals surface area contributed by atoms with Crippen LogP contribution in [0.15, 0.2) is 6.07 Å². The van der Waals surface area contributed by atoms with E-state index in [9.17, 15) is 0 Å². The van der Waals surface area contributed by atoms with Crippen molar-refractivity contribution in [2.24, 2.45) is 0 Å². The fraction of sp³-hybridized carbons (Fsp3) is 0.545. The molecule has 0 aromatic carbocycles. The standard InChI is InChI=1S/C11H18N2/c1-5-9-8(4)13-11(12)6-10(9)7(2)3/h6-7H,5H2,1-4H3,(H2,12,13). The average Bonchev–Trinajstić information content (AvgIpc) is 2.02. The second-order valence-corrected chi connectivity index (χ2v) is 3.71. The number of rotatable bonds is 2. The first kappa shape index (κ1) is 10.0. The van der Waals surface area contributed by atoms with Crippen LogP contribution in [-0.2, 0) is 6.42 Å². The smallest absolute Gasteiger partial charge is 0.123 e. The van der Waals surface area contributed by atoms with Crippen LogP contribution in [0.1, 0.15) is 43.5 Å². The minimum atomic E-state index is 0.527. The number of hydrogen-bond donors (Lipinski definition) is 1. The van der Waals surface area contributed by atoms with E-state index in [-0.39, 0.29) is 0 Å². The first-order valence-electron chi connectivity index (χ1n) is 4.82. The highest BCUT2D eigenvalue weighted by atomic mass is 14.8. The van der Waals surface area contributed by atoms with Crippen LogP contribution >= 0.6 is 0 Å². The summed E-state index contributed by atoms with van der Waals surface area (Å²) >= 11 is 0. The summed E-state index contributed by atoms with van der Waals surface area (Å²) in [5.41, 5.74) is 9.48. The fourth-order valence-corrected chi connectivity index (χ4v) is 1.72. The van der Waals surface area contributed by atoms with Gasteiger partial charge in [-0.05, 0) is 36.5 Å². The van der Waals surface area contributed by atoms with Crippen molar-refractivity contribution in [3.63, 3.8) is 0 Å². The van der Waals surface area contributed by atoms with E-state index >= 15 is 0 Å². The zero-order valence-electron chi connectivity index (χ0n) is 8.89. The molecule has 0 spiro atoms. The van der Waals surface area contributed by atoms with Crippen LogP contribution in [-0.4, -0.2) is 4.98 Å². The van der Waals surface area contributed by atoms with Gasteiger partial charge in [0.25, 0.3) is 0 Å². The van der Waals surface area contributed by atoms with Crippen molar-refractivity contribution < 1.29 is 0 Å². The highest BCUT2D eigenvalue weighted by molar-refractivity contribution is 5.42. The maximum absolute atomic E-state index is 5.71. The maximum Gasteiger partial charge on any atom is 0.123 e. The summed E-state index contributed by atoms with van der Waals surface area (Å²) < 4.78 is 0. The molecular formula is C11H18N2. The molecule has 2 heteroatoms. The van der Waals surface area contributed by atoms with Crippen molar-refractivity contribution in [3.05, 3.63) is 22.9 Å². The summed E-state index contributed by atoms with van der Waals surface area (Å²) in [7, 11) is 0. The van der Waals surface area contributed by atoms with Gasteiger partial charge < -0.3 is 5.73 Å². The Balaban J connectivity index is 3.29. The van der Waals surface area contributed by atoms with E-state index in [4.69, 9.17) is 5.73 Å². The average molecular weight is 178 g/mol. The van der Waals surface area contributed by atoms with Gasteiger partial charge in [0.05, 0.1) is 0 Å². The molecule has 0 saturated heterocycles. The molecule has 1 aromatic heterocycles. The predicted molar refractivity (Wildman–Crippen MR) is 56.9 cm³/mol. The number of aromatic nitrogens is 1. The van der Waals surface area contributed by atoms with E-state index in [1.54, 1.807) is 0 Å². The minimum Gasteiger partial charge on any atom is -0.384 e. The van der Waals surface area contributed by atoms with Gasteiger partial charge in [0.15, 0.2) is 0 Å². The van der Waals surface area contributed by atoms with Crippen LogP contribution in [0.25, 0.3) is 0 Å². The van der Waals surface area contributed by atoms with Crippen LogP contribution in [0.5, 0.6) is 0 Å². The second kappa shape index (κ2) is 3.77. The summed E-state index contributed by atoms with van der Waals surface area (Å²) in [6.45, 7) is 8.56. The molecule has 1 rings (SSSR count). The van der Waals surface area contributed by atoms with E-state index in [0.717, 1.165) is 12.1 Å². The Hall–Kier alpha value is -1.05. The summed E-state index contributed by atoms with van der Waals surface area (Å²) in [6, 6.07) is 2.00. The van der Waals surface area contributed by atoms with Crippen molar-refractivity contribution >= 4 is 5.82 Å². The van der Waals surface area contributed by atoms with Gasteiger partial charge in [-0.2, -0.15) is 0 Å². The molecular weight excluding hydrogens is 160 g/mol. The van der Waals surface area contributed by atoms with Crippen LogP contribution in [0.4, 0.5) is 5.82 Å².